The summed E-state index contributed by atoms with van der Waals surface area (Å²) in [6, 6.07) is 13.3. The second-order valence-electron chi connectivity index (χ2n) is 4.98. The Morgan fingerprint density at radius 1 is 1.05 bits per heavy atom. The SMILES string of the molecule is Cc1cccc(C)c1CC(CBr)c1cccc(F)c1. The van der Waals surface area contributed by atoms with Crippen LogP contribution in [-0.4, -0.2) is 5.33 Å². The van der Waals surface area contributed by atoms with Crippen molar-refractivity contribution >= 4 is 15.9 Å². The van der Waals surface area contributed by atoms with E-state index in [0.717, 1.165) is 17.3 Å². The zero-order chi connectivity index (χ0) is 13.8. The van der Waals surface area contributed by atoms with Gasteiger partial charge in [-0.05, 0) is 60.6 Å². The Hall–Kier alpha value is -1.15. The molecule has 0 aromatic heterocycles. The Labute approximate surface area is 122 Å². The van der Waals surface area contributed by atoms with Crippen molar-refractivity contribution in [2.45, 2.75) is 26.2 Å². The fourth-order valence-electron chi connectivity index (χ4n) is 2.44. The molecular weight excluding hydrogens is 303 g/mol. The van der Waals surface area contributed by atoms with Gasteiger partial charge in [-0.2, -0.15) is 0 Å². The third kappa shape index (κ3) is 3.44. The van der Waals surface area contributed by atoms with Crippen molar-refractivity contribution in [3.05, 3.63) is 70.5 Å². The zero-order valence-corrected chi connectivity index (χ0v) is 12.9. The van der Waals surface area contributed by atoms with Crippen LogP contribution in [0, 0.1) is 19.7 Å². The molecule has 1 unspecified atom stereocenters. The molecule has 0 radical (unpaired) electrons. The number of halogens is 2. The van der Waals surface area contributed by atoms with Gasteiger partial charge in [0.25, 0.3) is 0 Å². The van der Waals surface area contributed by atoms with Crippen LogP contribution in [0.25, 0.3) is 0 Å². The lowest BCUT2D eigenvalue weighted by Crippen LogP contribution is -2.07. The Morgan fingerprint density at radius 2 is 1.68 bits per heavy atom. The Morgan fingerprint density at radius 3 is 2.26 bits per heavy atom. The van der Waals surface area contributed by atoms with Crippen LogP contribution in [0.1, 0.15) is 28.2 Å². The zero-order valence-electron chi connectivity index (χ0n) is 11.3. The molecule has 100 valence electrons. The van der Waals surface area contributed by atoms with Crippen LogP contribution in [0.2, 0.25) is 0 Å². The summed E-state index contributed by atoms with van der Waals surface area (Å²) in [4.78, 5) is 0. The van der Waals surface area contributed by atoms with Gasteiger partial charge in [0.05, 0.1) is 0 Å². The van der Waals surface area contributed by atoms with E-state index in [2.05, 4.69) is 48.0 Å². The largest absolute Gasteiger partial charge is 0.207 e. The quantitative estimate of drug-likeness (QED) is 0.682. The molecule has 19 heavy (non-hydrogen) atoms. The molecule has 0 spiro atoms. The topological polar surface area (TPSA) is 0 Å². The first kappa shape index (κ1) is 14.3. The first-order valence-electron chi connectivity index (χ1n) is 6.48. The minimum absolute atomic E-state index is 0.162. The van der Waals surface area contributed by atoms with Crippen molar-refractivity contribution in [3.63, 3.8) is 0 Å². The molecule has 0 saturated carbocycles. The third-order valence-electron chi connectivity index (χ3n) is 3.60. The van der Waals surface area contributed by atoms with E-state index in [1.165, 1.54) is 22.8 Å². The van der Waals surface area contributed by atoms with E-state index in [0.29, 0.717) is 5.92 Å². The fraction of sp³-hybridized carbons (Fsp3) is 0.294. The summed E-state index contributed by atoms with van der Waals surface area (Å²) in [6.07, 6.45) is 0.938. The van der Waals surface area contributed by atoms with Crippen LogP contribution in [0.3, 0.4) is 0 Å². The van der Waals surface area contributed by atoms with Gasteiger partial charge >= 0.3 is 0 Å². The predicted octanol–water partition coefficient (Wildman–Crippen LogP) is 5.16. The second kappa shape index (κ2) is 6.33. The van der Waals surface area contributed by atoms with Crippen LogP contribution in [-0.2, 0) is 6.42 Å². The molecule has 0 nitrogen and oxygen atoms in total. The molecule has 2 aromatic carbocycles. The monoisotopic (exact) mass is 320 g/mol. The average molecular weight is 321 g/mol. The average Bonchev–Trinajstić information content (AvgIpc) is 2.38. The van der Waals surface area contributed by atoms with E-state index in [1.54, 1.807) is 12.1 Å². The highest BCUT2D eigenvalue weighted by atomic mass is 79.9. The first-order valence-corrected chi connectivity index (χ1v) is 7.60. The van der Waals surface area contributed by atoms with Gasteiger partial charge in [-0.1, -0.05) is 46.3 Å². The van der Waals surface area contributed by atoms with Crippen molar-refractivity contribution in [2.24, 2.45) is 0 Å². The van der Waals surface area contributed by atoms with Gasteiger partial charge in [0.2, 0.25) is 0 Å². The number of hydrogen-bond donors (Lipinski definition) is 0. The summed E-state index contributed by atoms with van der Waals surface area (Å²) in [6.45, 7) is 4.28. The summed E-state index contributed by atoms with van der Waals surface area (Å²) in [5.41, 5.74) is 5.04. The maximum atomic E-state index is 13.3. The maximum Gasteiger partial charge on any atom is 0.123 e. The lowest BCUT2D eigenvalue weighted by molar-refractivity contribution is 0.621. The van der Waals surface area contributed by atoms with E-state index in [1.807, 2.05) is 6.07 Å². The van der Waals surface area contributed by atoms with Gasteiger partial charge in [-0.15, -0.1) is 0 Å². The number of hydrogen-bond acceptors (Lipinski definition) is 0. The van der Waals surface area contributed by atoms with Crippen molar-refractivity contribution < 1.29 is 4.39 Å². The molecule has 0 heterocycles. The van der Waals surface area contributed by atoms with Crippen LogP contribution >= 0.6 is 15.9 Å². The fourth-order valence-corrected chi connectivity index (χ4v) is 3.04. The highest BCUT2D eigenvalue weighted by molar-refractivity contribution is 9.09. The standard InChI is InChI=1S/C17H18BrF/c1-12-5-3-6-13(2)17(12)10-15(11-18)14-7-4-8-16(19)9-14/h3-9,15H,10-11H2,1-2H3. The molecule has 0 saturated heterocycles. The van der Waals surface area contributed by atoms with Gasteiger partial charge in [0.15, 0.2) is 0 Å². The third-order valence-corrected chi connectivity index (χ3v) is 4.38. The van der Waals surface area contributed by atoms with Crippen molar-refractivity contribution in [3.8, 4) is 0 Å². The van der Waals surface area contributed by atoms with Crippen LogP contribution < -0.4 is 0 Å². The normalized spacial score (nSPS) is 12.4. The van der Waals surface area contributed by atoms with E-state index in [4.69, 9.17) is 0 Å². The number of alkyl halides is 1. The molecule has 0 amide bonds. The van der Waals surface area contributed by atoms with Crippen molar-refractivity contribution in [1.82, 2.24) is 0 Å². The minimum atomic E-state index is -0.162. The highest BCUT2D eigenvalue weighted by Crippen LogP contribution is 2.26. The molecule has 2 heteroatoms. The molecule has 0 fully saturated rings. The van der Waals surface area contributed by atoms with E-state index < -0.39 is 0 Å². The first-order chi connectivity index (χ1) is 9.11. The smallest absolute Gasteiger partial charge is 0.123 e. The number of aryl methyl sites for hydroxylation is 2. The molecule has 0 aliphatic heterocycles. The number of rotatable bonds is 4. The molecule has 0 aliphatic carbocycles. The van der Waals surface area contributed by atoms with Crippen molar-refractivity contribution in [2.75, 3.05) is 5.33 Å². The second-order valence-corrected chi connectivity index (χ2v) is 5.63. The lowest BCUT2D eigenvalue weighted by Gasteiger charge is -2.18. The Balaban J connectivity index is 2.29. The van der Waals surface area contributed by atoms with Crippen LogP contribution in [0.15, 0.2) is 42.5 Å². The summed E-state index contributed by atoms with van der Waals surface area (Å²) in [7, 11) is 0. The van der Waals surface area contributed by atoms with Gasteiger partial charge in [0, 0.05) is 5.33 Å². The van der Waals surface area contributed by atoms with E-state index in [-0.39, 0.29) is 5.82 Å². The molecule has 2 aromatic rings. The number of benzene rings is 2. The summed E-state index contributed by atoms with van der Waals surface area (Å²) >= 11 is 3.56. The molecule has 0 N–H and O–H groups in total. The van der Waals surface area contributed by atoms with Crippen molar-refractivity contribution in [1.29, 1.82) is 0 Å². The molecule has 0 bridgehead atoms. The highest BCUT2D eigenvalue weighted by Gasteiger charge is 2.14. The minimum Gasteiger partial charge on any atom is -0.207 e. The summed E-state index contributed by atoms with van der Waals surface area (Å²) in [5.74, 6) is 0.139. The van der Waals surface area contributed by atoms with Gasteiger partial charge in [-0.25, -0.2) is 4.39 Å². The Bertz CT molecular complexity index is 543. The van der Waals surface area contributed by atoms with Crippen LogP contribution in [0.5, 0.6) is 0 Å². The van der Waals surface area contributed by atoms with Gasteiger partial charge in [-0.3, -0.25) is 0 Å². The van der Waals surface area contributed by atoms with E-state index >= 15 is 0 Å². The summed E-state index contributed by atoms with van der Waals surface area (Å²) < 4.78 is 13.3. The van der Waals surface area contributed by atoms with E-state index in [9.17, 15) is 4.39 Å². The van der Waals surface area contributed by atoms with Gasteiger partial charge < -0.3 is 0 Å². The lowest BCUT2D eigenvalue weighted by atomic mass is 9.89. The summed E-state index contributed by atoms with van der Waals surface area (Å²) in [5, 5.41) is 0.838. The molecule has 2 rings (SSSR count). The van der Waals surface area contributed by atoms with Crippen LogP contribution in [0.4, 0.5) is 4.39 Å². The Kier molecular flexibility index (Phi) is 4.76. The van der Waals surface area contributed by atoms with Gasteiger partial charge in [0.1, 0.15) is 5.82 Å². The maximum absolute atomic E-state index is 13.3. The molecule has 0 aliphatic rings. The molecule has 1 atom stereocenters. The molecular formula is C17H18BrF. The predicted molar refractivity (Wildman–Crippen MR) is 82.6 cm³/mol.